The Morgan fingerprint density at radius 1 is 0.875 bits per heavy atom. The standard InChI is InChI=1S/C39H44ClN5O3/c40-34-12-10-33(11-13-34)39(48)19-27-44(28-20-39)24-6-18-38(32-7-2-1-3-8-32,35-9-4-5-21-42-35)29-43-36(46)30-16-25-45(26-17-30)37(47)31-14-22-41-23-15-31/h1-5,7-15,21-23,30,48H,6,16-20,24-29H2,(H,43,46). The summed E-state index contributed by atoms with van der Waals surface area (Å²) in [5.74, 6) is -0.144. The van der Waals surface area contributed by atoms with Crippen molar-refractivity contribution in [1.29, 1.82) is 0 Å². The van der Waals surface area contributed by atoms with Crippen molar-refractivity contribution in [2.45, 2.75) is 49.5 Å². The van der Waals surface area contributed by atoms with Gasteiger partial charge >= 0.3 is 0 Å². The number of pyridine rings is 2. The van der Waals surface area contributed by atoms with Crippen LogP contribution in [-0.4, -0.2) is 76.0 Å². The molecule has 0 spiro atoms. The van der Waals surface area contributed by atoms with Gasteiger partial charge < -0.3 is 20.2 Å². The molecule has 2 aliphatic heterocycles. The van der Waals surface area contributed by atoms with Crippen molar-refractivity contribution >= 4 is 23.4 Å². The van der Waals surface area contributed by atoms with Gasteiger partial charge in [0.2, 0.25) is 5.91 Å². The predicted molar refractivity (Wildman–Crippen MR) is 188 cm³/mol. The van der Waals surface area contributed by atoms with Crippen LogP contribution < -0.4 is 5.32 Å². The van der Waals surface area contributed by atoms with Crippen LogP contribution in [0.5, 0.6) is 0 Å². The molecular formula is C39H44ClN5O3. The van der Waals surface area contributed by atoms with Crippen molar-refractivity contribution < 1.29 is 14.7 Å². The quantitative estimate of drug-likeness (QED) is 0.209. The average Bonchev–Trinajstić information content (AvgIpc) is 3.15. The van der Waals surface area contributed by atoms with Crippen LogP contribution in [0.15, 0.2) is 104 Å². The molecule has 1 atom stereocenters. The molecular weight excluding hydrogens is 622 g/mol. The Morgan fingerprint density at radius 3 is 2.23 bits per heavy atom. The third kappa shape index (κ3) is 7.78. The number of halogens is 1. The molecule has 1 unspecified atom stereocenters. The van der Waals surface area contributed by atoms with Crippen molar-refractivity contribution in [3.05, 3.63) is 131 Å². The summed E-state index contributed by atoms with van der Waals surface area (Å²) in [7, 11) is 0. The van der Waals surface area contributed by atoms with Crippen molar-refractivity contribution in [2.75, 3.05) is 39.3 Å². The maximum absolute atomic E-state index is 13.7. The van der Waals surface area contributed by atoms with Crippen molar-refractivity contribution in [1.82, 2.24) is 25.1 Å². The molecule has 2 saturated heterocycles. The maximum Gasteiger partial charge on any atom is 0.253 e. The van der Waals surface area contributed by atoms with Crippen LogP contribution in [-0.2, 0) is 15.8 Å². The fourth-order valence-corrected chi connectivity index (χ4v) is 7.43. The molecule has 8 nitrogen and oxygen atoms in total. The molecule has 2 aliphatic rings. The summed E-state index contributed by atoms with van der Waals surface area (Å²) in [6.07, 6.45) is 9.37. The zero-order chi connectivity index (χ0) is 33.4. The summed E-state index contributed by atoms with van der Waals surface area (Å²) in [6, 6.07) is 27.4. The number of likely N-dealkylation sites (tertiary alicyclic amines) is 2. The molecule has 2 amide bonds. The van der Waals surface area contributed by atoms with Crippen molar-refractivity contribution in [3.8, 4) is 0 Å². The lowest BCUT2D eigenvalue weighted by Crippen LogP contribution is -2.47. The van der Waals surface area contributed by atoms with Gasteiger partial charge in [-0.15, -0.1) is 0 Å². The number of nitrogens with zero attached hydrogens (tertiary/aromatic N) is 4. The number of rotatable bonds is 11. The Balaban J connectivity index is 1.11. The van der Waals surface area contributed by atoms with Gasteiger partial charge in [0, 0.05) is 67.8 Å². The van der Waals surface area contributed by atoms with E-state index in [2.05, 4.69) is 33.4 Å². The first-order valence-electron chi connectivity index (χ1n) is 17.0. The molecule has 2 aromatic heterocycles. The van der Waals surface area contributed by atoms with E-state index >= 15 is 0 Å². The minimum absolute atomic E-state index is 0.0159. The minimum Gasteiger partial charge on any atom is -0.385 e. The number of aliphatic hydroxyl groups is 1. The van der Waals surface area contributed by atoms with E-state index in [4.69, 9.17) is 16.6 Å². The molecule has 2 aromatic carbocycles. The second-order valence-corrected chi connectivity index (χ2v) is 13.6. The highest BCUT2D eigenvalue weighted by Crippen LogP contribution is 2.37. The van der Waals surface area contributed by atoms with Crippen LogP contribution >= 0.6 is 11.6 Å². The molecule has 250 valence electrons. The first-order chi connectivity index (χ1) is 23.4. The van der Waals surface area contributed by atoms with Gasteiger partial charge in [-0.3, -0.25) is 19.6 Å². The Labute approximate surface area is 288 Å². The molecule has 0 bridgehead atoms. The van der Waals surface area contributed by atoms with Gasteiger partial charge in [-0.05, 0) is 92.6 Å². The molecule has 4 heterocycles. The molecule has 2 N–H and O–H groups in total. The number of carbonyl (C=O) groups excluding carboxylic acids is 2. The average molecular weight is 666 g/mol. The molecule has 6 rings (SSSR count). The number of carbonyl (C=O) groups is 2. The lowest BCUT2D eigenvalue weighted by atomic mass is 9.73. The second-order valence-electron chi connectivity index (χ2n) is 13.2. The number of nitrogens with one attached hydrogen (secondary N) is 1. The summed E-state index contributed by atoms with van der Waals surface area (Å²) in [5.41, 5.74) is 2.25. The maximum atomic E-state index is 13.7. The van der Waals surface area contributed by atoms with E-state index in [1.54, 1.807) is 24.5 Å². The molecule has 48 heavy (non-hydrogen) atoms. The molecule has 0 aliphatic carbocycles. The zero-order valence-corrected chi connectivity index (χ0v) is 28.1. The Hall–Kier alpha value is -4.11. The van der Waals surface area contributed by atoms with Crippen molar-refractivity contribution in [2.24, 2.45) is 5.92 Å². The van der Waals surface area contributed by atoms with E-state index < -0.39 is 11.0 Å². The van der Waals surface area contributed by atoms with Crippen LogP contribution in [0.4, 0.5) is 0 Å². The van der Waals surface area contributed by atoms with Gasteiger partial charge in [0.05, 0.1) is 16.7 Å². The smallest absolute Gasteiger partial charge is 0.253 e. The zero-order valence-electron chi connectivity index (χ0n) is 27.3. The molecule has 0 radical (unpaired) electrons. The van der Waals surface area contributed by atoms with Gasteiger partial charge in [0.1, 0.15) is 0 Å². The number of aromatic nitrogens is 2. The van der Waals surface area contributed by atoms with E-state index in [1.165, 1.54) is 0 Å². The van der Waals surface area contributed by atoms with Gasteiger partial charge in [-0.25, -0.2) is 0 Å². The van der Waals surface area contributed by atoms with Crippen LogP contribution in [0.1, 0.15) is 65.7 Å². The van der Waals surface area contributed by atoms with Crippen LogP contribution in [0.2, 0.25) is 5.02 Å². The van der Waals surface area contributed by atoms with E-state index in [0.29, 0.717) is 55.9 Å². The third-order valence-corrected chi connectivity index (χ3v) is 10.5. The highest BCUT2D eigenvalue weighted by Gasteiger charge is 2.38. The Bertz CT molecular complexity index is 1580. The van der Waals surface area contributed by atoms with Gasteiger partial charge in [0.15, 0.2) is 0 Å². The SMILES string of the molecule is O=C(NCC(CCCN1CCC(O)(c2ccc(Cl)cc2)CC1)(c1ccccc1)c1ccccn1)C1CCN(C(=O)c2ccncc2)CC1. The van der Waals surface area contributed by atoms with E-state index in [-0.39, 0.29) is 17.7 Å². The fourth-order valence-electron chi connectivity index (χ4n) is 7.31. The first kappa shape index (κ1) is 33.8. The second kappa shape index (κ2) is 15.4. The van der Waals surface area contributed by atoms with E-state index in [1.807, 2.05) is 65.7 Å². The molecule has 0 saturated carbocycles. The molecule has 2 fully saturated rings. The Morgan fingerprint density at radius 2 is 1.56 bits per heavy atom. The lowest BCUT2D eigenvalue weighted by molar-refractivity contribution is -0.126. The summed E-state index contributed by atoms with van der Waals surface area (Å²) in [6.45, 7) is 4.02. The normalized spacial score (nSPS) is 18.2. The summed E-state index contributed by atoms with van der Waals surface area (Å²) >= 11 is 6.08. The largest absolute Gasteiger partial charge is 0.385 e. The summed E-state index contributed by atoms with van der Waals surface area (Å²) in [5, 5.41) is 15.4. The lowest BCUT2D eigenvalue weighted by Gasteiger charge is -2.40. The van der Waals surface area contributed by atoms with E-state index in [9.17, 15) is 14.7 Å². The summed E-state index contributed by atoms with van der Waals surface area (Å²) < 4.78 is 0. The van der Waals surface area contributed by atoms with Gasteiger partial charge in [-0.2, -0.15) is 0 Å². The highest BCUT2D eigenvalue weighted by atomic mass is 35.5. The summed E-state index contributed by atoms with van der Waals surface area (Å²) in [4.78, 5) is 39.7. The predicted octanol–water partition coefficient (Wildman–Crippen LogP) is 5.85. The van der Waals surface area contributed by atoms with Crippen LogP contribution in [0.3, 0.4) is 0 Å². The van der Waals surface area contributed by atoms with Crippen molar-refractivity contribution in [3.63, 3.8) is 0 Å². The topological polar surface area (TPSA) is 98.7 Å². The minimum atomic E-state index is -0.838. The highest BCUT2D eigenvalue weighted by molar-refractivity contribution is 6.30. The number of hydrogen-bond donors (Lipinski definition) is 2. The van der Waals surface area contributed by atoms with Crippen LogP contribution in [0, 0.1) is 5.92 Å². The van der Waals surface area contributed by atoms with Crippen LogP contribution in [0.25, 0.3) is 0 Å². The number of hydrogen-bond acceptors (Lipinski definition) is 6. The molecule has 9 heteroatoms. The molecule has 4 aromatic rings. The van der Waals surface area contributed by atoms with E-state index in [0.717, 1.165) is 49.3 Å². The Kier molecular flexibility index (Phi) is 10.8. The van der Waals surface area contributed by atoms with Gasteiger partial charge in [0.25, 0.3) is 5.91 Å². The first-order valence-corrected chi connectivity index (χ1v) is 17.4. The number of benzene rings is 2. The monoisotopic (exact) mass is 665 g/mol. The third-order valence-electron chi connectivity index (χ3n) is 10.3. The number of amides is 2. The fraction of sp³-hybridized carbons (Fsp3) is 0.385. The number of piperidine rings is 2. The van der Waals surface area contributed by atoms with Gasteiger partial charge in [-0.1, -0.05) is 60.1 Å².